The van der Waals surface area contributed by atoms with Gasteiger partial charge in [0.2, 0.25) is 5.91 Å². The molecule has 0 unspecified atom stereocenters. The Morgan fingerprint density at radius 1 is 1.47 bits per heavy atom. The van der Waals surface area contributed by atoms with Gasteiger partial charge in [0, 0.05) is 26.2 Å². The molecule has 0 aliphatic carbocycles. The van der Waals surface area contributed by atoms with E-state index in [1.54, 1.807) is 4.90 Å². The molecule has 1 fully saturated rings. The summed E-state index contributed by atoms with van der Waals surface area (Å²) in [5, 5.41) is 9.15. The van der Waals surface area contributed by atoms with Gasteiger partial charge in [0.15, 0.2) is 5.96 Å². The maximum absolute atomic E-state index is 12.1. The van der Waals surface area contributed by atoms with Crippen LogP contribution in [0.4, 0.5) is 0 Å². The molecule has 0 saturated carbocycles. The molecule has 1 heterocycles. The van der Waals surface area contributed by atoms with Crippen molar-refractivity contribution in [1.29, 1.82) is 0 Å². The lowest BCUT2D eigenvalue weighted by atomic mass is 9.98. The van der Waals surface area contributed by atoms with Crippen molar-refractivity contribution in [3.8, 4) is 0 Å². The van der Waals surface area contributed by atoms with Crippen LogP contribution in [0.5, 0.6) is 0 Å². The molecule has 0 bridgehead atoms. The van der Waals surface area contributed by atoms with E-state index in [9.17, 15) is 4.79 Å². The number of rotatable bonds is 6. The summed E-state index contributed by atoms with van der Waals surface area (Å²) in [7, 11) is 0. The SMILES string of the molecule is NC(N)=NCCC[C@H](N)C(=O)N1CCC[C@@H](CO)C1. The summed E-state index contributed by atoms with van der Waals surface area (Å²) in [5.74, 6) is 0.205. The average Bonchev–Trinajstić information content (AvgIpc) is 2.42. The molecule has 7 N–H and O–H groups in total. The topological polar surface area (TPSA) is 131 Å². The number of carbonyl (C=O) groups is 1. The molecule has 2 atom stereocenters. The number of nitrogens with zero attached hydrogens (tertiary/aromatic N) is 2. The molecular formula is C12H25N5O2. The second-order valence-electron chi connectivity index (χ2n) is 5.03. The second kappa shape index (κ2) is 7.96. The first-order valence-corrected chi connectivity index (χ1v) is 6.75. The Kier molecular flexibility index (Phi) is 6.58. The van der Waals surface area contributed by atoms with Gasteiger partial charge in [0.05, 0.1) is 6.04 Å². The quantitative estimate of drug-likeness (QED) is 0.268. The zero-order valence-electron chi connectivity index (χ0n) is 11.3. The summed E-state index contributed by atoms with van der Waals surface area (Å²) in [6, 6.07) is -0.508. The van der Waals surface area contributed by atoms with Crippen LogP contribution < -0.4 is 17.2 Å². The van der Waals surface area contributed by atoms with E-state index in [0.29, 0.717) is 25.9 Å². The monoisotopic (exact) mass is 271 g/mol. The third kappa shape index (κ3) is 5.44. The molecule has 7 heteroatoms. The number of guanidine groups is 1. The van der Waals surface area contributed by atoms with E-state index in [4.69, 9.17) is 22.3 Å². The fourth-order valence-corrected chi connectivity index (χ4v) is 2.29. The number of aliphatic imine (C=N–C) groups is 1. The Balaban J connectivity index is 2.33. The lowest BCUT2D eigenvalue weighted by molar-refractivity contribution is -0.134. The van der Waals surface area contributed by atoms with Gasteiger partial charge in [0.1, 0.15) is 0 Å². The number of likely N-dealkylation sites (tertiary alicyclic amines) is 1. The summed E-state index contributed by atoms with van der Waals surface area (Å²) in [5.41, 5.74) is 16.3. The van der Waals surface area contributed by atoms with Crippen LogP contribution in [0.3, 0.4) is 0 Å². The van der Waals surface area contributed by atoms with Gasteiger partial charge < -0.3 is 27.2 Å². The summed E-state index contributed by atoms with van der Waals surface area (Å²) < 4.78 is 0. The van der Waals surface area contributed by atoms with E-state index in [0.717, 1.165) is 19.4 Å². The molecule has 0 aromatic heterocycles. The number of amides is 1. The highest BCUT2D eigenvalue weighted by atomic mass is 16.3. The minimum atomic E-state index is -0.508. The molecule has 0 radical (unpaired) electrons. The highest BCUT2D eigenvalue weighted by molar-refractivity contribution is 5.81. The number of aliphatic hydroxyl groups is 1. The minimum absolute atomic E-state index is 0.0390. The van der Waals surface area contributed by atoms with E-state index >= 15 is 0 Å². The molecule has 19 heavy (non-hydrogen) atoms. The van der Waals surface area contributed by atoms with Gasteiger partial charge >= 0.3 is 0 Å². The van der Waals surface area contributed by atoms with E-state index in [1.165, 1.54) is 0 Å². The predicted molar refractivity (Wildman–Crippen MR) is 74.3 cm³/mol. The van der Waals surface area contributed by atoms with Crippen molar-refractivity contribution in [3.05, 3.63) is 0 Å². The molecule has 1 amide bonds. The maximum Gasteiger partial charge on any atom is 0.239 e. The summed E-state index contributed by atoms with van der Waals surface area (Å²) in [6.07, 6.45) is 3.15. The third-order valence-corrected chi connectivity index (χ3v) is 3.37. The van der Waals surface area contributed by atoms with Crippen LogP contribution in [0.25, 0.3) is 0 Å². The summed E-state index contributed by atoms with van der Waals surface area (Å²) in [6.45, 7) is 1.96. The number of piperidine rings is 1. The van der Waals surface area contributed by atoms with Gasteiger partial charge in [-0.2, -0.15) is 0 Å². The number of carbonyl (C=O) groups excluding carboxylic acids is 1. The molecular weight excluding hydrogens is 246 g/mol. The first kappa shape index (κ1) is 15.7. The normalized spacial score (nSPS) is 20.9. The van der Waals surface area contributed by atoms with Gasteiger partial charge in [-0.1, -0.05) is 0 Å². The van der Waals surface area contributed by atoms with Crippen LogP contribution >= 0.6 is 0 Å². The zero-order chi connectivity index (χ0) is 14.3. The van der Waals surface area contributed by atoms with Crippen LogP contribution in [0.15, 0.2) is 4.99 Å². The number of hydrogen-bond donors (Lipinski definition) is 4. The van der Waals surface area contributed by atoms with Gasteiger partial charge in [-0.3, -0.25) is 9.79 Å². The van der Waals surface area contributed by atoms with Crippen molar-refractivity contribution in [2.45, 2.75) is 31.7 Å². The van der Waals surface area contributed by atoms with Crippen molar-refractivity contribution >= 4 is 11.9 Å². The lowest BCUT2D eigenvalue weighted by Gasteiger charge is -2.33. The first-order valence-electron chi connectivity index (χ1n) is 6.75. The third-order valence-electron chi connectivity index (χ3n) is 3.37. The van der Waals surface area contributed by atoms with E-state index < -0.39 is 6.04 Å². The lowest BCUT2D eigenvalue weighted by Crippen LogP contribution is -2.48. The Morgan fingerprint density at radius 2 is 2.21 bits per heavy atom. The number of hydrogen-bond acceptors (Lipinski definition) is 4. The van der Waals surface area contributed by atoms with Gasteiger partial charge in [-0.05, 0) is 31.6 Å². The maximum atomic E-state index is 12.1. The average molecular weight is 271 g/mol. The summed E-state index contributed by atoms with van der Waals surface area (Å²) in [4.78, 5) is 17.7. The molecule has 0 spiro atoms. The molecule has 0 aromatic rings. The van der Waals surface area contributed by atoms with Crippen molar-refractivity contribution in [2.24, 2.45) is 28.1 Å². The molecule has 1 aliphatic rings. The number of nitrogens with two attached hydrogens (primary N) is 3. The van der Waals surface area contributed by atoms with Crippen LogP contribution in [0, 0.1) is 5.92 Å². The molecule has 1 aliphatic heterocycles. The van der Waals surface area contributed by atoms with E-state index in [2.05, 4.69) is 4.99 Å². The number of aliphatic hydroxyl groups excluding tert-OH is 1. The van der Waals surface area contributed by atoms with E-state index in [1.807, 2.05) is 0 Å². The second-order valence-corrected chi connectivity index (χ2v) is 5.03. The minimum Gasteiger partial charge on any atom is -0.396 e. The van der Waals surface area contributed by atoms with E-state index in [-0.39, 0.29) is 24.4 Å². The fourth-order valence-electron chi connectivity index (χ4n) is 2.29. The largest absolute Gasteiger partial charge is 0.396 e. The first-order chi connectivity index (χ1) is 9.04. The summed E-state index contributed by atoms with van der Waals surface area (Å²) >= 11 is 0. The Bertz CT molecular complexity index is 317. The Morgan fingerprint density at radius 3 is 2.84 bits per heavy atom. The standard InChI is InChI=1S/C12H25N5O2/c13-10(4-1-5-16-12(14)15)11(19)17-6-2-3-9(7-17)8-18/h9-10,18H,1-8,13H2,(H4,14,15,16)/t9-,10+/m1/s1. The predicted octanol–water partition coefficient (Wildman–Crippen LogP) is -1.40. The van der Waals surface area contributed by atoms with Gasteiger partial charge in [-0.25, -0.2) is 0 Å². The molecule has 7 nitrogen and oxygen atoms in total. The highest BCUT2D eigenvalue weighted by Crippen LogP contribution is 2.16. The van der Waals surface area contributed by atoms with Crippen LogP contribution in [-0.2, 0) is 4.79 Å². The zero-order valence-corrected chi connectivity index (χ0v) is 11.3. The van der Waals surface area contributed by atoms with Gasteiger partial charge in [0.25, 0.3) is 0 Å². The molecule has 110 valence electrons. The van der Waals surface area contributed by atoms with Crippen LogP contribution in [-0.4, -0.2) is 54.2 Å². The molecule has 1 rings (SSSR count). The molecule has 1 saturated heterocycles. The van der Waals surface area contributed by atoms with Crippen molar-refractivity contribution < 1.29 is 9.90 Å². The highest BCUT2D eigenvalue weighted by Gasteiger charge is 2.26. The van der Waals surface area contributed by atoms with Crippen LogP contribution in [0.2, 0.25) is 0 Å². The smallest absolute Gasteiger partial charge is 0.239 e. The molecule has 0 aromatic carbocycles. The fraction of sp³-hybridized carbons (Fsp3) is 0.833. The Hall–Kier alpha value is -1.34. The van der Waals surface area contributed by atoms with Gasteiger partial charge in [-0.15, -0.1) is 0 Å². The van der Waals surface area contributed by atoms with Crippen LogP contribution in [0.1, 0.15) is 25.7 Å². The van der Waals surface area contributed by atoms with Crippen molar-refractivity contribution in [1.82, 2.24) is 4.90 Å². The van der Waals surface area contributed by atoms with Crippen molar-refractivity contribution in [2.75, 3.05) is 26.2 Å². The Labute approximate surface area is 113 Å². The van der Waals surface area contributed by atoms with Crippen molar-refractivity contribution in [3.63, 3.8) is 0 Å².